The lowest BCUT2D eigenvalue weighted by atomic mass is 9.90. The molecule has 2 amide bonds. The monoisotopic (exact) mass is 517 g/mol. The van der Waals surface area contributed by atoms with Gasteiger partial charge in [-0.2, -0.15) is 18.3 Å². The van der Waals surface area contributed by atoms with E-state index in [1.807, 2.05) is 6.92 Å². The fourth-order valence-electron chi connectivity index (χ4n) is 3.56. The standard InChI is InChI=1S/C20H26F3N7O4S/c1-4-5-6-11(14(31)15(32)26-13-7-8-24-27-13)25-18(33)34-12-9-30(10-19(12,2)3)17-29-28-16(35-17)20(21,22)23/h7-8,11-12H,4-6,9-10H2,1-3H3,(H,25,33)(H2,24,26,27,32)/t11-,12+/m0/s1. The fourth-order valence-corrected chi connectivity index (χ4v) is 4.28. The number of Topliss-reactive ketones (excluding diaryl/α,β-unsaturated/α-hetero) is 1. The van der Waals surface area contributed by atoms with Gasteiger partial charge in [-0.15, -0.1) is 10.2 Å². The van der Waals surface area contributed by atoms with Crippen molar-refractivity contribution in [2.45, 2.75) is 58.4 Å². The molecular formula is C20H26F3N7O4S. The molecule has 0 radical (unpaired) electrons. The summed E-state index contributed by atoms with van der Waals surface area (Å²) >= 11 is 0.413. The van der Waals surface area contributed by atoms with Gasteiger partial charge < -0.3 is 20.3 Å². The maximum Gasteiger partial charge on any atom is 0.445 e. The molecule has 0 spiro atoms. The predicted molar refractivity (Wildman–Crippen MR) is 120 cm³/mol. The molecule has 0 unspecified atom stereocenters. The third kappa shape index (κ3) is 6.68. The number of H-pyrrole nitrogens is 1. The van der Waals surface area contributed by atoms with Gasteiger partial charge in [0.05, 0.1) is 12.7 Å². The summed E-state index contributed by atoms with van der Waals surface area (Å²) in [6, 6.07) is 0.362. The van der Waals surface area contributed by atoms with Crippen molar-refractivity contribution in [3.8, 4) is 0 Å². The first-order valence-electron chi connectivity index (χ1n) is 10.9. The Morgan fingerprint density at radius 1 is 1.34 bits per heavy atom. The number of aromatic nitrogens is 4. The van der Waals surface area contributed by atoms with E-state index in [-0.39, 0.29) is 30.5 Å². The van der Waals surface area contributed by atoms with Crippen LogP contribution < -0.4 is 15.5 Å². The quantitative estimate of drug-likeness (QED) is 0.431. The minimum Gasteiger partial charge on any atom is -0.444 e. The highest BCUT2D eigenvalue weighted by molar-refractivity contribution is 7.15. The molecule has 0 saturated carbocycles. The van der Waals surface area contributed by atoms with E-state index in [1.54, 1.807) is 18.7 Å². The molecule has 0 aromatic carbocycles. The van der Waals surface area contributed by atoms with Crippen LogP contribution in [0.2, 0.25) is 0 Å². The van der Waals surface area contributed by atoms with Gasteiger partial charge >= 0.3 is 12.3 Å². The first-order valence-corrected chi connectivity index (χ1v) is 11.7. The van der Waals surface area contributed by atoms with Crippen LogP contribution in [0.25, 0.3) is 0 Å². The summed E-state index contributed by atoms with van der Waals surface area (Å²) in [6.07, 6.45) is -3.26. The first kappa shape index (κ1) is 26.4. The number of alkyl halides is 3. The summed E-state index contributed by atoms with van der Waals surface area (Å²) in [4.78, 5) is 39.2. The Morgan fingerprint density at radius 3 is 2.69 bits per heavy atom. The summed E-state index contributed by atoms with van der Waals surface area (Å²) in [6.45, 7) is 5.88. The Hall–Kier alpha value is -3.23. The number of ether oxygens (including phenoxy) is 1. The fraction of sp³-hybridized carbons (Fsp3) is 0.600. The second kappa shape index (κ2) is 10.6. The summed E-state index contributed by atoms with van der Waals surface area (Å²) < 4.78 is 44.2. The number of halogens is 3. The molecule has 0 bridgehead atoms. The third-order valence-corrected chi connectivity index (χ3v) is 6.49. The summed E-state index contributed by atoms with van der Waals surface area (Å²) in [5.74, 6) is -1.52. The van der Waals surface area contributed by atoms with E-state index in [2.05, 4.69) is 31.0 Å². The maximum atomic E-state index is 12.9. The van der Waals surface area contributed by atoms with Crippen molar-refractivity contribution in [3.05, 3.63) is 17.3 Å². The zero-order valence-corrected chi connectivity index (χ0v) is 20.1. The lowest BCUT2D eigenvalue weighted by Gasteiger charge is -2.26. The molecule has 1 fully saturated rings. The van der Waals surface area contributed by atoms with Crippen molar-refractivity contribution in [2.24, 2.45) is 5.41 Å². The Bertz CT molecular complexity index is 1040. The lowest BCUT2D eigenvalue weighted by molar-refractivity contribution is -0.138. The molecule has 1 aliphatic heterocycles. The number of hydrogen-bond donors (Lipinski definition) is 3. The minimum atomic E-state index is -4.59. The number of anilines is 2. The SMILES string of the molecule is CCCC[C@H](NC(=O)O[C@@H]1CN(c2nnc(C(F)(F)F)s2)CC1(C)C)C(=O)C(=O)Nc1ccn[nH]1. The summed E-state index contributed by atoms with van der Waals surface area (Å²) in [5.41, 5.74) is -0.623. The number of hydrogen-bond acceptors (Lipinski definition) is 9. The molecule has 11 nitrogen and oxygen atoms in total. The van der Waals surface area contributed by atoms with Crippen LogP contribution in [0.3, 0.4) is 0 Å². The molecule has 35 heavy (non-hydrogen) atoms. The van der Waals surface area contributed by atoms with Gasteiger partial charge in [-0.3, -0.25) is 14.7 Å². The van der Waals surface area contributed by atoms with Gasteiger partial charge in [-0.05, 0) is 6.42 Å². The van der Waals surface area contributed by atoms with Crippen LogP contribution in [0, 0.1) is 5.41 Å². The Balaban J connectivity index is 1.63. The molecule has 1 saturated heterocycles. The number of nitrogens with one attached hydrogen (secondary N) is 3. The highest BCUT2D eigenvalue weighted by atomic mass is 32.1. The van der Waals surface area contributed by atoms with Gasteiger partial charge in [0.25, 0.3) is 5.91 Å². The van der Waals surface area contributed by atoms with Gasteiger partial charge in [0.2, 0.25) is 15.9 Å². The van der Waals surface area contributed by atoms with Crippen molar-refractivity contribution < 1.29 is 32.3 Å². The highest BCUT2D eigenvalue weighted by Crippen LogP contribution is 2.39. The summed E-state index contributed by atoms with van der Waals surface area (Å²) in [5, 5.41) is 16.9. The van der Waals surface area contributed by atoms with Gasteiger partial charge in [0.1, 0.15) is 18.0 Å². The zero-order chi connectivity index (χ0) is 25.8. The average molecular weight is 518 g/mol. The molecule has 3 heterocycles. The third-order valence-electron chi connectivity index (χ3n) is 5.46. The van der Waals surface area contributed by atoms with Crippen LogP contribution in [0.5, 0.6) is 0 Å². The molecule has 2 atom stereocenters. The molecular weight excluding hydrogens is 491 g/mol. The molecule has 3 rings (SSSR count). The van der Waals surface area contributed by atoms with Crippen molar-refractivity contribution in [1.29, 1.82) is 0 Å². The van der Waals surface area contributed by atoms with Crippen LogP contribution in [0.15, 0.2) is 12.3 Å². The van der Waals surface area contributed by atoms with E-state index in [4.69, 9.17) is 4.74 Å². The topological polar surface area (TPSA) is 142 Å². The maximum absolute atomic E-state index is 12.9. The normalized spacial score (nSPS) is 18.2. The molecule has 1 aliphatic rings. The molecule has 0 aliphatic carbocycles. The van der Waals surface area contributed by atoms with Crippen LogP contribution >= 0.6 is 11.3 Å². The van der Waals surface area contributed by atoms with Crippen LogP contribution in [0.1, 0.15) is 45.0 Å². The minimum absolute atomic E-state index is 0.0726. The second-order valence-electron chi connectivity index (χ2n) is 8.78. The van der Waals surface area contributed by atoms with Crippen LogP contribution in [-0.2, 0) is 20.5 Å². The Labute approximate surface area is 202 Å². The van der Waals surface area contributed by atoms with Crippen LogP contribution in [-0.4, -0.2) is 63.4 Å². The number of ketones is 1. The number of nitrogens with zero attached hydrogens (tertiary/aromatic N) is 4. The number of unbranched alkanes of at least 4 members (excludes halogenated alkanes) is 1. The van der Waals surface area contributed by atoms with Crippen molar-refractivity contribution in [2.75, 3.05) is 23.3 Å². The molecule has 3 N–H and O–H groups in total. The number of amides is 2. The number of rotatable bonds is 9. The van der Waals surface area contributed by atoms with E-state index in [9.17, 15) is 27.6 Å². The average Bonchev–Trinajstić information content (AvgIpc) is 3.51. The Morgan fingerprint density at radius 2 is 2.09 bits per heavy atom. The lowest BCUT2D eigenvalue weighted by Crippen LogP contribution is -2.47. The first-order chi connectivity index (χ1) is 16.4. The molecule has 2 aromatic rings. The van der Waals surface area contributed by atoms with Crippen molar-refractivity contribution in [3.63, 3.8) is 0 Å². The molecule has 2 aromatic heterocycles. The van der Waals surface area contributed by atoms with Gasteiger partial charge in [-0.1, -0.05) is 44.9 Å². The smallest absolute Gasteiger partial charge is 0.444 e. The molecule has 15 heteroatoms. The van der Waals surface area contributed by atoms with Gasteiger partial charge in [-0.25, -0.2) is 4.79 Å². The Kier molecular flexibility index (Phi) is 7.97. The number of aromatic amines is 1. The van der Waals surface area contributed by atoms with Gasteiger partial charge in [0, 0.05) is 18.0 Å². The van der Waals surface area contributed by atoms with E-state index in [0.29, 0.717) is 17.8 Å². The summed E-state index contributed by atoms with van der Waals surface area (Å²) in [7, 11) is 0. The van der Waals surface area contributed by atoms with E-state index >= 15 is 0 Å². The van der Waals surface area contributed by atoms with Crippen molar-refractivity contribution in [1.82, 2.24) is 25.7 Å². The van der Waals surface area contributed by atoms with E-state index in [1.165, 1.54) is 12.3 Å². The predicted octanol–water partition coefficient (Wildman–Crippen LogP) is 2.99. The van der Waals surface area contributed by atoms with Gasteiger partial charge in [0.15, 0.2) is 0 Å². The largest absolute Gasteiger partial charge is 0.445 e. The van der Waals surface area contributed by atoms with E-state index < -0.39 is 46.5 Å². The van der Waals surface area contributed by atoms with E-state index in [0.717, 1.165) is 6.42 Å². The van der Waals surface area contributed by atoms with Crippen molar-refractivity contribution >= 4 is 40.1 Å². The number of carbonyl (C=O) groups excluding carboxylic acids is 3. The zero-order valence-electron chi connectivity index (χ0n) is 19.3. The number of alkyl carbamates (subject to hydrolysis) is 1. The molecule has 192 valence electrons. The van der Waals surface area contributed by atoms with Crippen LogP contribution in [0.4, 0.5) is 28.9 Å². The highest BCUT2D eigenvalue weighted by Gasteiger charge is 2.45. The second-order valence-corrected chi connectivity index (χ2v) is 9.73. The number of carbonyl (C=O) groups is 3.